The van der Waals surface area contributed by atoms with E-state index in [-0.39, 0.29) is 0 Å². The zero-order chi connectivity index (χ0) is 9.10. The molecule has 2 rings (SSSR count). The Morgan fingerprint density at radius 1 is 1.38 bits per heavy atom. The zero-order valence-corrected chi connectivity index (χ0v) is 6.62. The molecule has 0 amide bonds. The van der Waals surface area contributed by atoms with Crippen LogP contribution in [0.25, 0.3) is 10.5 Å². The Morgan fingerprint density at radius 3 is 3.00 bits per heavy atom. The van der Waals surface area contributed by atoms with Crippen molar-refractivity contribution in [2.24, 2.45) is 0 Å². The maximum absolute atomic E-state index is 6.91. The van der Waals surface area contributed by atoms with E-state index in [1.54, 1.807) is 18.6 Å². The fourth-order valence-electron chi connectivity index (χ4n) is 0.991. The van der Waals surface area contributed by atoms with Gasteiger partial charge >= 0.3 is 0 Å². The molecule has 0 spiro atoms. The maximum atomic E-state index is 6.91. The quantitative estimate of drug-likeness (QED) is 0.606. The van der Waals surface area contributed by atoms with E-state index < -0.39 is 0 Å². The normalized spacial score (nSPS) is 9.46. The van der Waals surface area contributed by atoms with Crippen LogP contribution in [-0.4, -0.2) is 19.7 Å². The molecule has 5 nitrogen and oxygen atoms in total. The van der Waals surface area contributed by atoms with Crippen LogP contribution in [0, 0.1) is 6.57 Å². The highest BCUT2D eigenvalue weighted by Crippen LogP contribution is 2.19. The predicted molar refractivity (Wildman–Crippen MR) is 45.4 cm³/mol. The van der Waals surface area contributed by atoms with E-state index in [4.69, 9.17) is 6.57 Å². The first kappa shape index (κ1) is 7.43. The van der Waals surface area contributed by atoms with Crippen LogP contribution >= 0.6 is 0 Å². The molecule has 2 heterocycles. The molecule has 0 saturated heterocycles. The van der Waals surface area contributed by atoms with Gasteiger partial charge in [-0.25, -0.2) is 14.5 Å². The second-order valence-corrected chi connectivity index (χ2v) is 2.32. The maximum Gasteiger partial charge on any atom is 0.230 e. The minimum atomic E-state index is 0.466. The second-order valence-electron chi connectivity index (χ2n) is 2.32. The summed E-state index contributed by atoms with van der Waals surface area (Å²) in [6, 6.07) is 1.72. The Hall–Kier alpha value is -2.22. The van der Waals surface area contributed by atoms with E-state index in [2.05, 4.69) is 19.9 Å². The fourth-order valence-corrected chi connectivity index (χ4v) is 0.991. The SMILES string of the molecule is [C-]#[N+]c1cnccc1-n1cncn1. The van der Waals surface area contributed by atoms with E-state index in [1.165, 1.54) is 17.2 Å². The lowest BCUT2D eigenvalue weighted by Crippen LogP contribution is -1.94. The first-order chi connectivity index (χ1) is 6.42. The van der Waals surface area contributed by atoms with Crippen LogP contribution in [-0.2, 0) is 0 Å². The van der Waals surface area contributed by atoms with Gasteiger partial charge in [0.05, 0.1) is 12.3 Å². The second kappa shape index (κ2) is 3.03. The molecular formula is C8H5N5. The molecule has 13 heavy (non-hydrogen) atoms. The van der Waals surface area contributed by atoms with Gasteiger partial charge in [-0.05, 0) is 6.07 Å². The summed E-state index contributed by atoms with van der Waals surface area (Å²) in [7, 11) is 0. The highest BCUT2D eigenvalue weighted by atomic mass is 15.3. The third-order valence-corrected chi connectivity index (χ3v) is 1.56. The lowest BCUT2D eigenvalue weighted by atomic mass is 10.3. The number of aromatic nitrogens is 4. The monoisotopic (exact) mass is 171 g/mol. The van der Waals surface area contributed by atoms with Gasteiger partial charge in [0, 0.05) is 12.4 Å². The van der Waals surface area contributed by atoms with E-state index in [0.29, 0.717) is 11.4 Å². The molecular weight excluding hydrogens is 166 g/mol. The highest BCUT2D eigenvalue weighted by molar-refractivity contribution is 5.59. The van der Waals surface area contributed by atoms with E-state index >= 15 is 0 Å². The fraction of sp³-hybridized carbons (Fsp3) is 0. The predicted octanol–water partition coefficient (Wildman–Crippen LogP) is 1.21. The van der Waals surface area contributed by atoms with Crippen LogP contribution in [0.1, 0.15) is 0 Å². The van der Waals surface area contributed by atoms with Crippen LogP contribution in [0.5, 0.6) is 0 Å². The minimum Gasteiger partial charge on any atom is -0.276 e. The Balaban J connectivity index is 2.59. The largest absolute Gasteiger partial charge is 0.276 e. The van der Waals surface area contributed by atoms with Crippen molar-refractivity contribution < 1.29 is 0 Å². The van der Waals surface area contributed by atoms with E-state index in [1.807, 2.05) is 0 Å². The Labute approximate surface area is 74.5 Å². The Morgan fingerprint density at radius 2 is 2.31 bits per heavy atom. The first-order valence-electron chi connectivity index (χ1n) is 3.58. The van der Waals surface area contributed by atoms with Gasteiger partial charge in [-0.2, -0.15) is 5.10 Å². The van der Waals surface area contributed by atoms with Crippen molar-refractivity contribution in [1.29, 1.82) is 0 Å². The highest BCUT2D eigenvalue weighted by Gasteiger charge is 2.03. The van der Waals surface area contributed by atoms with Crippen molar-refractivity contribution in [1.82, 2.24) is 19.7 Å². The van der Waals surface area contributed by atoms with Crippen molar-refractivity contribution in [3.8, 4) is 5.69 Å². The molecule has 2 aromatic rings. The van der Waals surface area contributed by atoms with Crippen LogP contribution in [0.4, 0.5) is 5.69 Å². The van der Waals surface area contributed by atoms with Crippen LogP contribution in [0.15, 0.2) is 31.1 Å². The average molecular weight is 171 g/mol. The van der Waals surface area contributed by atoms with Gasteiger partial charge in [0.15, 0.2) is 0 Å². The standard InChI is InChI=1S/C8H5N5/c1-9-7-4-10-3-2-8(7)13-6-11-5-12-13/h2-6H. The topological polar surface area (TPSA) is 48.0 Å². The molecule has 0 fully saturated rings. The summed E-state index contributed by atoms with van der Waals surface area (Å²) < 4.78 is 1.54. The number of rotatable bonds is 1. The van der Waals surface area contributed by atoms with E-state index in [0.717, 1.165) is 0 Å². The third kappa shape index (κ3) is 1.25. The Kier molecular flexibility index (Phi) is 1.73. The summed E-state index contributed by atoms with van der Waals surface area (Å²) >= 11 is 0. The van der Waals surface area contributed by atoms with Gasteiger partial charge in [0.2, 0.25) is 5.69 Å². The van der Waals surface area contributed by atoms with Crippen LogP contribution in [0.3, 0.4) is 0 Å². The van der Waals surface area contributed by atoms with E-state index in [9.17, 15) is 0 Å². The Bertz CT molecular complexity index is 440. The molecule has 0 saturated carbocycles. The molecule has 0 bridgehead atoms. The van der Waals surface area contributed by atoms with Crippen LogP contribution in [0.2, 0.25) is 0 Å². The van der Waals surface area contributed by atoms with Crippen molar-refractivity contribution in [2.75, 3.05) is 0 Å². The molecule has 0 aliphatic rings. The molecule has 0 radical (unpaired) electrons. The summed E-state index contributed by atoms with van der Waals surface area (Å²) in [6.07, 6.45) is 6.09. The van der Waals surface area contributed by atoms with Crippen molar-refractivity contribution in [3.63, 3.8) is 0 Å². The van der Waals surface area contributed by atoms with Crippen molar-refractivity contribution in [3.05, 3.63) is 42.5 Å². The molecule has 62 valence electrons. The molecule has 5 heteroatoms. The summed E-state index contributed by atoms with van der Waals surface area (Å²) in [5.41, 5.74) is 1.16. The van der Waals surface area contributed by atoms with Crippen molar-refractivity contribution >= 4 is 5.69 Å². The number of hydrogen-bond acceptors (Lipinski definition) is 3. The summed E-state index contributed by atoms with van der Waals surface area (Å²) in [5, 5.41) is 3.93. The van der Waals surface area contributed by atoms with Gasteiger partial charge in [-0.3, -0.25) is 4.98 Å². The molecule has 0 N–H and O–H groups in total. The lowest BCUT2D eigenvalue weighted by Gasteiger charge is -2.00. The van der Waals surface area contributed by atoms with Gasteiger partial charge in [0.1, 0.15) is 12.7 Å². The smallest absolute Gasteiger partial charge is 0.230 e. The number of nitrogens with zero attached hydrogens (tertiary/aromatic N) is 5. The molecule has 0 aliphatic carbocycles. The van der Waals surface area contributed by atoms with Crippen molar-refractivity contribution in [2.45, 2.75) is 0 Å². The molecule has 0 atom stereocenters. The first-order valence-corrected chi connectivity index (χ1v) is 3.58. The average Bonchev–Trinajstić information content (AvgIpc) is 2.70. The minimum absolute atomic E-state index is 0.466. The van der Waals surface area contributed by atoms with Gasteiger partial charge in [-0.15, -0.1) is 0 Å². The van der Waals surface area contributed by atoms with Crippen LogP contribution < -0.4 is 0 Å². The molecule has 0 aromatic carbocycles. The summed E-state index contributed by atoms with van der Waals surface area (Å²) in [4.78, 5) is 11.0. The zero-order valence-electron chi connectivity index (χ0n) is 6.62. The number of hydrogen-bond donors (Lipinski definition) is 0. The summed E-state index contributed by atoms with van der Waals surface area (Å²) in [6.45, 7) is 6.91. The lowest BCUT2D eigenvalue weighted by molar-refractivity contribution is 0.880. The number of pyridine rings is 1. The third-order valence-electron chi connectivity index (χ3n) is 1.56. The molecule has 0 unspecified atom stereocenters. The summed E-state index contributed by atoms with van der Waals surface area (Å²) in [5.74, 6) is 0. The molecule has 2 aromatic heterocycles. The van der Waals surface area contributed by atoms with Gasteiger partial charge in [-0.1, -0.05) is 0 Å². The molecule has 0 aliphatic heterocycles. The van der Waals surface area contributed by atoms with Gasteiger partial charge < -0.3 is 0 Å². The van der Waals surface area contributed by atoms with Gasteiger partial charge in [0.25, 0.3) is 0 Å².